The molecular weight excluding hydrogens is 477 g/mol. The summed E-state index contributed by atoms with van der Waals surface area (Å²) in [5, 5.41) is 13.8. The molecule has 2 aromatic carbocycles. The molecule has 0 spiro atoms. The lowest BCUT2D eigenvalue weighted by Gasteiger charge is -2.27. The third kappa shape index (κ3) is 4.99. The van der Waals surface area contributed by atoms with Gasteiger partial charge < -0.3 is 5.32 Å². The first-order chi connectivity index (χ1) is 13.0. The molecule has 142 valence electrons. The van der Waals surface area contributed by atoms with Gasteiger partial charge in [-0.2, -0.15) is 11.8 Å². The fourth-order valence-corrected chi connectivity index (χ4v) is 4.70. The summed E-state index contributed by atoms with van der Waals surface area (Å²) in [4.78, 5) is 25.5. The summed E-state index contributed by atoms with van der Waals surface area (Å²) in [7, 11) is 0. The van der Waals surface area contributed by atoms with Crippen LogP contribution in [0.2, 0.25) is 0 Å². The molecule has 2 aromatic rings. The number of halogens is 1. The highest BCUT2D eigenvalue weighted by atomic mass is 127. The van der Waals surface area contributed by atoms with Gasteiger partial charge in [0.2, 0.25) is 0 Å². The second kappa shape index (κ2) is 9.03. The van der Waals surface area contributed by atoms with Gasteiger partial charge in [-0.3, -0.25) is 19.8 Å². The normalized spacial score (nSPS) is 14.7. The van der Waals surface area contributed by atoms with Crippen molar-refractivity contribution in [3.05, 3.63) is 66.8 Å². The van der Waals surface area contributed by atoms with E-state index in [2.05, 4.69) is 16.3 Å². The SMILES string of the molecule is Cc1c(CN2CCSCC2)cccc1NC(=O)c1ccc([N+](=O)[O-])cc1I. The number of anilines is 1. The van der Waals surface area contributed by atoms with Gasteiger partial charge in [0.25, 0.3) is 11.6 Å². The number of nitro groups is 1. The Balaban J connectivity index is 1.76. The minimum atomic E-state index is -0.462. The standard InChI is InChI=1S/C19H20IN3O3S/c1-13-14(12-22-7-9-27-10-8-22)3-2-4-18(13)21-19(24)16-6-5-15(23(25)26)11-17(16)20/h2-6,11H,7-10,12H2,1H3,(H,21,24). The number of hydrogen-bond donors (Lipinski definition) is 1. The van der Waals surface area contributed by atoms with Crippen molar-refractivity contribution in [3.63, 3.8) is 0 Å². The van der Waals surface area contributed by atoms with Crippen LogP contribution in [-0.2, 0) is 6.54 Å². The van der Waals surface area contributed by atoms with E-state index in [0.717, 1.165) is 42.4 Å². The Bertz CT molecular complexity index is 869. The zero-order chi connectivity index (χ0) is 19.4. The fourth-order valence-electron chi connectivity index (χ4n) is 2.98. The Kier molecular flexibility index (Phi) is 6.72. The maximum atomic E-state index is 12.7. The number of thioether (sulfide) groups is 1. The van der Waals surface area contributed by atoms with Crippen LogP contribution < -0.4 is 5.32 Å². The number of benzene rings is 2. The molecule has 1 aliphatic rings. The van der Waals surface area contributed by atoms with Crippen LogP contribution in [-0.4, -0.2) is 40.3 Å². The molecular formula is C19H20IN3O3S. The Hall–Kier alpha value is -1.65. The van der Waals surface area contributed by atoms with Gasteiger partial charge in [-0.1, -0.05) is 12.1 Å². The third-order valence-electron chi connectivity index (χ3n) is 4.60. The van der Waals surface area contributed by atoms with Crippen molar-refractivity contribution in [2.75, 3.05) is 29.9 Å². The lowest BCUT2D eigenvalue weighted by Crippen LogP contribution is -2.32. The molecule has 1 N–H and O–H groups in total. The van der Waals surface area contributed by atoms with E-state index in [9.17, 15) is 14.9 Å². The minimum absolute atomic E-state index is 0.0196. The highest BCUT2D eigenvalue weighted by molar-refractivity contribution is 14.1. The van der Waals surface area contributed by atoms with Crippen molar-refractivity contribution in [2.45, 2.75) is 13.5 Å². The number of nitrogens with one attached hydrogen (secondary N) is 1. The van der Waals surface area contributed by atoms with E-state index < -0.39 is 4.92 Å². The number of non-ortho nitro benzene ring substituents is 1. The Labute approximate surface area is 176 Å². The number of hydrogen-bond acceptors (Lipinski definition) is 5. The molecule has 0 atom stereocenters. The first kappa shape index (κ1) is 20.1. The van der Waals surface area contributed by atoms with Crippen LogP contribution in [0, 0.1) is 20.6 Å². The summed E-state index contributed by atoms with van der Waals surface area (Å²) in [6.45, 7) is 5.07. The zero-order valence-electron chi connectivity index (χ0n) is 14.9. The molecule has 1 fully saturated rings. The second-order valence-electron chi connectivity index (χ2n) is 6.35. The Morgan fingerprint density at radius 2 is 2.04 bits per heavy atom. The monoisotopic (exact) mass is 497 g/mol. The average Bonchev–Trinajstić information content (AvgIpc) is 2.65. The van der Waals surface area contributed by atoms with E-state index in [1.165, 1.54) is 23.8 Å². The Morgan fingerprint density at radius 1 is 1.30 bits per heavy atom. The molecule has 0 saturated carbocycles. The summed E-state index contributed by atoms with van der Waals surface area (Å²) in [6, 6.07) is 10.2. The largest absolute Gasteiger partial charge is 0.322 e. The Morgan fingerprint density at radius 3 is 2.70 bits per heavy atom. The van der Waals surface area contributed by atoms with E-state index in [-0.39, 0.29) is 11.6 Å². The van der Waals surface area contributed by atoms with Crippen LogP contribution in [0.25, 0.3) is 0 Å². The van der Waals surface area contributed by atoms with Crippen LogP contribution in [0.4, 0.5) is 11.4 Å². The molecule has 1 heterocycles. The van der Waals surface area contributed by atoms with Gasteiger partial charge in [-0.05, 0) is 52.8 Å². The molecule has 0 aliphatic carbocycles. The molecule has 0 bridgehead atoms. The maximum absolute atomic E-state index is 12.7. The lowest BCUT2D eigenvalue weighted by atomic mass is 10.1. The van der Waals surface area contributed by atoms with E-state index in [1.54, 1.807) is 0 Å². The summed E-state index contributed by atoms with van der Waals surface area (Å²) in [6.07, 6.45) is 0. The highest BCUT2D eigenvalue weighted by Gasteiger charge is 2.17. The molecule has 6 nitrogen and oxygen atoms in total. The van der Waals surface area contributed by atoms with Crippen LogP contribution in [0.15, 0.2) is 36.4 Å². The summed E-state index contributed by atoms with van der Waals surface area (Å²) in [5.41, 5.74) is 3.45. The third-order valence-corrected chi connectivity index (χ3v) is 6.43. The number of nitro benzene ring substituents is 1. The van der Waals surface area contributed by atoms with Crippen molar-refractivity contribution in [2.24, 2.45) is 0 Å². The zero-order valence-corrected chi connectivity index (χ0v) is 17.9. The van der Waals surface area contributed by atoms with Crippen molar-refractivity contribution in [1.82, 2.24) is 4.90 Å². The topological polar surface area (TPSA) is 75.5 Å². The predicted octanol–water partition coefficient (Wildman–Crippen LogP) is 4.31. The smallest absolute Gasteiger partial charge is 0.270 e. The number of carbonyl (C=O) groups is 1. The fraction of sp³-hybridized carbons (Fsp3) is 0.316. The number of nitrogens with zero attached hydrogens (tertiary/aromatic N) is 2. The van der Waals surface area contributed by atoms with Gasteiger partial charge in [-0.25, -0.2) is 0 Å². The van der Waals surface area contributed by atoms with Gasteiger partial charge >= 0.3 is 0 Å². The molecule has 0 radical (unpaired) electrons. The highest BCUT2D eigenvalue weighted by Crippen LogP contribution is 2.24. The molecule has 1 amide bonds. The lowest BCUT2D eigenvalue weighted by molar-refractivity contribution is -0.384. The van der Waals surface area contributed by atoms with Crippen LogP contribution >= 0.6 is 34.4 Å². The van der Waals surface area contributed by atoms with E-state index >= 15 is 0 Å². The molecule has 0 aromatic heterocycles. The van der Waals surface area contributed by atoms with Gasteiger partial charge in [0, 0.05) is 52.5 Å². The number of carbonyl (C=O) groups excluding carboxylic acids is 1. The molecule has 0 unspecified atom stereocenters. The van der Waals surface area contributed by atoms with Crippen LogP contribution in [0.3, 0.4) is 0 Å². The minimum Gasteiger partial charge on any atom is -0.322 e. The van der Waals surface area contributed by atoms with E-state index in [1.807, 2.05) is 53.4 Å². The first-order valence-electron chi connectivity index (χ1n) is 8.59. The van der Waals surface area contributed by atoms with Crippen LogP contribution in [0.1, 0.15) is 21.5 Å². The molecule has 1 saturated heterocycles. The number of amides is 1. The molecule has 1 aliphatic heterocycles. The van der Waals surface area contributed by atoms with E-state index in [0.29, 0.717) is 9.13 Å². The summed E-state index contributed by atoms with van der Waals surface area (Å²) in [5.74, 6) is 2.06. The summed E-state index contributed by atoms with van der Waals surface area (Å²) < 4.78 is 0.555. The second-order valence-corrected chi connectivity index (χ2v) is 8.74. The quantitative estimate of drug-likeness (QED) is 0.379. The summed E-state index contributed by atoms with van der Waals surface area (Å²) >= 11 is 3.94. The van der Waals surface area contributed by atoms with Crippen molar-refractivity contribution in [1.29, 1.82) is 0 Å². The molecule has 27 heavy (non-hydrogen) atoms. The van der Waals surface area contributed by atoms with Gasteiger partial charge in [-0.15, -0.1) is 0 Å². The molecule has 8 heteroatoms. The maximum Gasteiger partial charge on any atom is 0.270 e. The number of rotatable bonds is 5. The first-order valence-corrected chi connectivity index (χ1v) is 10.8. The van der Waals surface area contributed by atoms with Crippen LogP contribution in [0.5, 0.6) is 0 Å². The van der Waals surface area contributed by atoms with Gasteiger partial charge in [0.15, 0.2) is 0 Å². The molecule has 3 rings (SSSR count). The van der Waals surface area contributed by atoms with Crippen molar-refractivity contribution in [3.8, 4) is 0 Å². The van der Waals surface area contributed by atoms with Crippen molar-refractivity contribution >= 4 is 51.6 Å². The van der Waals surface area contributed by atoms with Gasteiger partial charge in [0.05, 0.1) is 10.5 Å². The van der Waals surface area contributed by atoms with E-state index in [4.69, 9.17) is 0 Å². The van der Waals surface area contributed by atoms with Gasteiger partial charge in [0.1, 0.15) is 0 Å². The predicted molar refractivity (Wildman–Crippen MR) is 118 cm³/mol. The average molecular weight is 497 g/mol. The van der Waals surface area contributed by atoms with Crippen molar-refractivity contribution < 1.29 is 9.72 Å².